The van der Waals surface area contributed by atoms with E-state index in [1.807, 2.05) is 84.9 Å². The van der Waals surface area contributed by atoms with Crippen molar-refractivity contribution >= 4 is 34.1 Å². The van der Waals surface area contributed by atoms with Crippen molar-refractivity contribution in [1.29, 1.82) is 16.1 Å². The van der Waals surface area contributed by atoms with E-state index < -0.39 is 0 Å². The van der Waals surface area contributed by atoms with Crippen LogP contribution in [0.15, 0.2) is 97.1 Å². The van der Waals surface area contributed by atoms with Gasteiger partial charge in [0.05, 0.1) is 34.3 Å². The molecular weight excluding hydrogens is 454 g/mol. The largest absolute Gasteiger partial charge is 0.399 e. The van der Waals surface area contributed by atoms with Crippen molar-refractivity contribution in [2.24, 2.45) is 0 Å². The molecule has 5 nitrogen and oxygen atoms in total. The zero-order valence-electron chi connectivity index (χ0n) is 19.8. The molecule has 0 spiro atoms. The average Bonchev–Trinajstić information content (AvgIpc) is 2.94. The zero-order valence-corrected chi connectivity index (χ0v) is 19.8. The van der Waals surface area contributed by atoms with Crippen LogP contribution in [0, 0.1) is 22.1 Å². The number of nitrogens with zero attached hydrogens (tertiary/aromatic N) is 2. The fraction of sp³-hybridized carbons (Fsp3) is 0. The fourth-order valence-electron chi connectivity index (χ4n) is 4.83. The van der Waals surface area contributed by atoms with Crippen molar-refractivity contribution in [3.05, 3.63) is 114 Å². The van der Waals surface area contributed by atoms with Crippen LogP contribution >= 0.6 is 0 Å². The van der Waals surface area contributed by atoms with Gasteiger partial charge in [-0.25, -0.2) is 4.98 Å². The number of hydrogen-bond acceptors (Lipinski definition) is 5. The fourth-order valence-corrected chi connectivity index (χ4v) is 4.83. The lowest BCUT2D eigenvalue weighted by Gasteiger charge is -2.19. The van der Waals surface area contributed by atoms with Crippen LogP contribution in [-0.4, -0.2) is 16.4 Å². The second kappa shape index (κ2) is 8.71. The molecule has 4 N–H and O–H groups in total. The van der Waals surface area contributed by atoms with Crippen LogP contribution in [0.2, 0.25) is 0 Å². The number of aromatic nitrogens is 1. The van der Waals surface area contributed by atoms with Gasteiger partial charge in [0.15, 0.2) is 0 Å². The maximum Gasteiger partial charge on any atom is 0.0998 e. The van der Waals surface area contributed by atoms with Crippen LogP contribution < -0.4 is 5.73 Å². The number of anilines is 1. The molecule has 0 saturated carbocycles. The molecule has 0 bridgehead atoms. The minimum atomic E-state index is 0.192. The number of hydrogen-bond donors (Lipinski definition) is 3. The highest BCUT2D eigenvalue weighted by Crippen LogP contribution is 2.36. The molecule has 5 heteroatoms. The van der Waals surface area contributed by atoms with E-state index in [4.69, 9.17) is 21.5 Å². The Labute approximate surface area is 214 Å². The molecule has 37 heavy (non-hydrogen) atoms. The van der Waals surface area contributed by atoms with E-state index in [0.717, 1.165) is 55.5 Å². The lowest BCUT2D eigenvalue weighted by molar-refractivity contribution is 1.36. The molecule has 0 unspecified atom stereocenters. The first-order chi connectivity index (χ1) is 18.0. The van der Waals surface area contributed by atoms with E-state index >= 15 is 0 Å². The highest BCUT2D eigenvalue weighted by Gasteiger charge is 2.23. The molecule has 0 fully saturated rings. The summed E-state index contributed by atoms with van der Waals surface area (Å²) in [6.07, 6.45) is 3.56. The van der Waals surface area contributed by atoms with Gasteiger partial charge in [-0.3, -0.25) is 10.8 Å². The van der Waals surface area contributed by atoms with E-state index in [0.29, 0.717) is 11.3 Å². The molecule has 0 aliphatic heterocycles. The minimum absolute atomic E-state index is 0.192. The van der Waals surface area contributed by atoms with Crippen LogP contribution in [-0.2, 0) is 0 Å². The molecule has 1 heterocycles. The third-order valence-electron chi connectivity index (χ3n) is 6.70. The van der Waals surface area contributed by atoms with Crippen molar-refractivity contribution in [1.82, 2.24) is 4.98 Å². The molecule has 0 atom stereocenters. The number of nitrogen functional groups attached to an aromatic ring is 1. The van der Waals surface area contributed by atoms with Crippen LogP contribution in [0.4, 0.5) is 5.69 Å². The first kappa shape index (κ1) is 22.1. The van der Waals surface area contributed by atoms with Crippen molar-refractivity contribution in [3.63, 3.8) is 0 Å². The molecular formula is C32H21N5. The molecule has 0 radical (unpaired) electrons. The summed E-state index contributed by atoms with van der Waals surface area (Å²) in [7, 11) is 0. The lowest BCUT2D eigenvalue weighted by atomic mass is 9.87. The van der Waals surface area contributed by atoms with E-state index in [2.05, 4.69) is 6.07 Å². The first-order valence-electron chi connectivity index (χ1n) is 11.8. The van der Waals surface area contributed by atoms with Gasteiger partial charge < -0.3 is 5.73 Å². The summed E-state index contributed by atoms with van der Waals surface area (Å²) in [5.74, 6) is 0. The van der Waals surface area contributed by atoms with Gasteiger partial charge in [-0.05, 0) is 53.1 Å². The highest BCUT2D eigenvalue weighted by molar-refractivity contribution is 6.54. The number of allylic oxidation sites excluding steroid dienone is 1. The van der Waals surface area contributed by atoms with Crippen molar-refractivity contribution in [3.8, 4) is 39.6 Å². The standard InChI is InChI=1S/C32H21N5/c33-18-23-10-12-24(34)17-27(23)20-8-6-19(7-9-20)22-11-13-25-29(16-22)37-32(21-4-2-1-3-5-21)26-14-15-28(35)31(36)30(25)26/h1-17,35-36H,34H2. The Kier molecular flexibility index (Phi) is 5.21. The normalized spacial score (nSPS) is 12.4. The molecule has 1 aromatic heterocycles. The maximum atomic E-state index is 9.50. The summed E-state index contributed by atoms with van der Waals surface area (Å²) in [5, 5.41) is 27.2. The molecule has 5 aromatic rings. The van der Waals surface area contributed by atoms with Crippen LogP contribution in [0.25, 0.3) is 50.5 Å². The number of benzene rings is 4. The summed E-state index contributed by atoms with van der Waals surface area (Å²) in [6.45, 7) is 0. The summed E-state index contributed by atoms with van der Waals surface area (Å²) >= 11 is 0. The lowest BCUT2D eigenvalue weighted by Crippen LogP contribution is -2.17. The van der Waals surface area contributed by atoms with Gasteiger partial charge in [-0.1, -0.05) is 66.7 Å². The Balaban J connectivity index is 1.49. The Morgan fingerprint density at radius 2 is 1.46 bits per heavy atom. The predicted octanol–water partition coefficient (Wildman–Crippen LogP) is 7.10. The second-order valence-electron chi connectivity index (χ2n) is 8.96. The minimum Gasteiger partial charge on any atom is -0.399 e. The average molecular weight is 476 g/mol. The summed E-state index contributed by atoms with van der Waals surface area (Å²) in [4.78, 5) is 5.03. The third-order valence-corrected chi connectivity index (χ3v) is 6.70. The number of nitrogens with two attached hydrogens (primary N) is 1. The van der Waals surface area contributed by atoms with E-state index in [9.17, 15) is 5.26 Å². The van der Waals surface area contributed by atoms with Gasteiger partial charge in [-0.15, -0.1) is 0 Å². The van der Waals surface area contributed by atoms with Crippen molar-refractivity contribution in [2.75, 3.05) is 5.73 Å². The number of fused-ring (bicyclic) bond motifs is 3. The Hall–Kier alpha value is -5.34. The summed E-state index contributed by atoms with van der Waals surface area (Å²) in [5.41, 5.74) is 15.4. The molecule has 6 rings (SSSR count). The monoisotopic (exact) mass is 475 g/mol. The van der Waals surface area contributed by atoms with Gasteiger partial charge in [0, 0.05) is 33.3 Å². The van der Waals surface area contributed by atoms with Crippen molar-refractivity contribution in [2.45, 2.75) is 0 Å². The third kappa shape index (κ3) is 3.78. The van der Waals surface area contributed by atoms with Crippen LogP contribution in [0.3, 0.4) is 0 Å². The summed E-state index contributed by atoms with van der Waals surface area (Å²) < 4.78 is 0. The number of rotatable bonds is 3. The number of nitriles is 1. The van der Waals surface area contributed by atoms with Gasteiger partial charge in [0.2, 0.25) is 0 Å². The Morgan fingerprint density at radius 1 is 0.730 bits per heavy atom. The predicted molar refractivity (Wildman–Crippen MR) is 151 cm³/mol. The Bertz CT molecular complexity index is 1810. The molecule has 174 valence electrons. The number of pyridine rings is 1. The van der Waals surface area contributed by atoms with Crippen molar-refractivity contribution < 1.29 is 0 Å². The van der Waals surface area contributed by atoms with Gasteiger partial charge >= 0.3 is 0 Å². The van der Waals surface area contributed by atoms with E-state index in [1.54, 1.807) is 18.2 Å². The van der Waals surface area contributed by atoms with Gasteiger partial charge in [0.1, 0.15) is 0 Å². The van der Waals surface area contributed by atoms with Gasteiger partial charge in [-0.2, -0.15) is 5.26 Å². The second-order valence-corrected chi connectivity index (χ2v) is 8.96. The first-order valence-corrected chi connectivity index (χ1v) is 11.8. The SMILES string of the molecule is N#Cc1ccc(N)cc1-c1ccc(-c2ccc3c4c(c(-c5ccccc5)nc3c2)C=CC(=N)C4=N)cc1. The maximum absolute atomic E-state index is 9.50. The summed E-state index contributed by atoms with van der Waals surface area (Å²) in [6, 6.07) is 31.6. The molecule has 0 amide bonds. The molecule has 4 aromatic carbocycles. The molecule has 1 aliphatic rings. The quantitative estimate of drug-likeness (QED) is 0.242. The zero-order chi connectivity index (χ0) is 25.5. The smallest absolute Gasteiger partial charge is 0.0998 e. The van der Waals surface area contributed by atoms with Gasteiger partial charge in [0.25, 0.3) is 0 Å². The van der Waals surface area contributed by atoms with E-state index in [-0.39, 0.29) is 11.4 Å². The topological polar surface area (TPSA) is 110 Å². The van der Waals surface area contributed by atoms with Crippen LogP contribution in [0.1, 0.15) is 16.7 Å². The molecule has 1 aliphatic carbocycles. The molecule has 0 saturated heterocycles. The Morgan fingerprint density at radius 3 is 2.22 bits per heavy atom. The number of nitrogens with one attached hydrogen (secondary N) is 2. The van der Waals surface area contributed by atoms with E-state index in [1.165, 1.54) is 0 Å². The highest BCUT2D eigenvalue weighted by atomic mass is 14.7. The van der Waals surface area contributed by atoms with Crippen LogP contribution in [0.5, 0.6) is 0 Å².